The molecule has 0 bridgehead atoms. The monoisotopic (exact) mass is 285 g/mol. The summed E-state index contributed by atoms with van der Waals surface area (Å²) in [6, 6.07) is 2.96. The van der Waals surface area contributed by atoms with Crippen molar-refractivity contribution in [3.63, 3.8) is 0 Å². The fraction of sp³-hybridized carbons (Fsp3) is 0.533. The zero-order valence-corrected chi connectivity index (χ0v) is 12.2. The molecule has 1 rings (SSSR count). The molecule has 5 heteroatoms. The highest BCUT2D eigenvalue weighted by molar-refractivity contribution is 5.72. The van der Waals surface area contributed by atoms with E-state index in [1.165, 1.54) is 18.2 Å². The van der Waals surface area contributed by atoms with Crippen molar-refractivity contribution in [2.75, 3.05) is 6.61 Å². The lowest BCUT2D eigenvalue weighted by Crippen LogP contribution is -2.39. The molecule has 0 aliphatic rings. The second-order valence-corrected chi connectivity index (χ2v) is 4.85. The molecule has 0 spiro atoms. The van der Waals surface area contributed by atoms with Crippen molar-refractivity contribution in [1.29, 1.82) is 0 Å². The van der Waals surface area contributed by atoms with Crippen LogP contribution in [0, 0.1) is 17.6 Å². The lowest BCUT2D eigenvalue weighted by Gasteiger charge is -2.24. The summed E-state index contributed by atoms with van der Waals surface area (Å²) in [5.41, 5.74) is -0.0181. The van der Waals surface area contributed by atoms with E-state index in [1.807, 2.05) is 0 Å². The fourth-order valence-corrected chi connectivity index (χ4v) is 2.02. The van der Waals surface area contributed by atoms with Gasteiger partial charge >= 0.3 is 5.97 Å². The summed E-state index contributed by atoms with van der Waals surface area (Å²) in [4.78, 5) is 11.6. The molecular formula is C15H21F2NO2. The third kappa shape index (κ3) is 4.00. The van der Waals surface area contributed by atoms with Crippen LogP contribution in [0.2, 0.25) is 0 Å². The van der Waals surface area contributed by atoms with Crippen molar-refractivity contribution in [3.05, 3.63) is 35.4 Å². The van der Waals surface area contributed by atoms with E-state index in [2.05, 4.69) is 5.32 Å². The van der Waals surface area contributed by atoms with Gasteiger partial charge in [-0.3, -0.25) is 4.79 Å². The second kappa shape index (κ2) is 7.33. The largest absolute Gasteiger partial charge is 0.466 e. The third-order valence-electron chi connectivity index (χ3n) is 3.35. The molecular weight excluding hydrogens is 264 g/mol. The van der Waals surface area contributed by atoms with Crippen molar-refractivity contribution >= 4 is 5.97 Å². The summed E-state index contributed by atoms with van der Waals surface area (Å²) in [7, 11) is 0. The number of hydrogen-bond donors (Lipinski definition) is 1. The van der Waals surface area contributed by atoms with Crippen molar-refractivity contribution in [2.24, 2.45) is 5.92 Å². The molecule has 0 saturated heterocycles. The molecule has 0 aliphatic carbocycles. The summed E-state index contributed by atoms with van der Waals surface area (Å²) >= 11 is 0. The quantitative estimate of drug-likeness (QED) is 0.816. The number of nitrogens with one attached hydrogen (secondary N) is 1. The van der Waals surface area contributed by atoms with Crippen LogP contribution < -0.4 is 5.32 Å². The Morgan fingerprint density at radius 2 is 1.80 bits per heavy atom. The van der Waals surface area contributed by atoms with Crippen molar-refractivity contribution < 1.29 is 18.3 Å². The average molecular weight is 285 g/mol. The van der Waals surface area contributed by atoms with E-state index in [-0.39, 0.29) is 17.6 Å². The van der Waals surface area contributed by atoms with E-state index >= 15 is 0 Å². The minimum absolute atomic E-state index is 0.0181. The molecule has 3 atom stereocenters. The molecule has 1 aromatic carbocycles. The maximum absolute atomic E-state index is 13.7. The Morgan fingerprint density at radius 3 is 2.30 bits per heavy atom. The number of carbonyl (C=O) groups is 1. The van der Waals surface area contributed by atoms with Crippen LogP contribution in [0.5, 0.6) is 0 Å². The van der Waals surface area contributed by atoms with Gasteiger partial charge in [0.1, 0.15) is 11.6 Å². The van der Waals surface area contributed by atoms with Gasteiger partial charge in [-0.2, -0.15) is 0 Å². The Hall–Kier alpha value is -1.49. The zero-order valence-electron chi connectivity index (χ0n) is 12.2. The van der Waals surface area contributed by atoms with Gasteiger partial charge in [0, 0.05) is 17.6 Å². The standard InChI is InChI=1S/C15H21F2NO2/c1-5-20-15(19)9(2)10(3)18-11(4)14-12(16)7-6-8-13(14)17/h6-11,18H,5H2,1-4H3/t9-,10+,11+/m1/s1. The Balaban J connectivity index is 2.75. The Morgan fingerprint density at radius 1 is 1.25 bits per heavy atom. The molecule has 3 nitrogen and oxygen atoms in total. The molecule has 112 valence electrons. The summed E-state index contributed by atoms with van der Waals surface area (Å²) in [5, 5.41) is 3.04. The first-order valence-corrected chi connectivity index (χ1v) is 6.75. The zero-order chi connectivity index (χ0) is 15.3. The molecule has 0 amide bonds. The van der Waals surface area contributed by atoms with E-state index in [9.17, 15) is 13.6 Å². The SMILES string of the molecule is CCOC(=O)[C@H](C)[C@H](C)N[C@@H](C)c1c(F)cccc1F. The Bertz CT molecular complexity index is 445. The van der Waals surface area contributed by atoms with Crippen LogP contribution in [0.4, 0.5) is 8.78 Å². The number of esters is 1. The lowest BCUT2D eigenvalue weighted by atomic mass is 10.0. The lowest BCUT2D eigenvalue weighted by molar-refractivity contribution is -0.148. The maximum Gasteiger partial charge on any atom is 0.310 e. The summed E-state index contributed by atoms with van der Waals surface area (Å²) in [5.74, 6) is -1.91. The molecule has 0 unspecified atom stereocenters. The molecule has 0 aliphatic heterocycles. The van der Waals surface area contributed by atoms with E-state index in [0.717, 1.165) is 0 Å². The molecule has 20 heavy (non-hydrogen) atoms. The van der Waals surface area contributed by atoms with Gasteiger partial charge in [-0.15, -0.1) is 0 Å². The van der Waals surface area contributed by atoms with Crippen molar-refractivity contribution in [2.45, 2.75) is 39.8 Å². The van der Waals surface area contributed by atoms with Crippen LogP contribution in [-0.4, -0.2) is 18.6 Å². The first-order valence-electron chi connectivity index (χ1n) is 6.75. The van der Waals surface area contributed by atoms with Crippen LogP contribution in [0.25, 0.3) is 0 Å². The van der Waals surface area contributed by atoms with E-state index in [0.29, 0.717) is 6.61 Å². The number of rotatable bonds is 6. The minimum Gasteiger partial charge on any atom is -0.466 e. The first-order chi connectivity index (χ1) is 9.38. The highest BCUT2D eigenvalue weighted by Crippen LogP contribution is 2.21. The van der Waals surface area contributed by atoms with Gasteiger partial charge in [0.15, 0.2) is 0 Å². The molecule has 0 aromatic heterocycles. The van der Waals surface area contributed by atoms with E-state index < -0.39 is 23.6 Å². The molecule has 1 aromatic rings. The van der Waals surface area contributed by atoms with E-state index in [1.54, 1.807) is 27.7 Å². The first kappa shape index (κ1) is 16.6. The summed E-state index contributed by atoms with van der Waals surface area (Å²) in [6.07, 6.45) is 0. The highest BCUT2D eigenvalue weighted by Gasteiger charge is 2.24. The van der Waals surface area contributed by atoms with Gasteiger partial charge in [0.25, 0.3) is 0 Å². The van der Waals surface area contributed by atoms with Gasteiger partial charge in [0.05, 0.1) is 12.5 Å². The Kier molecular flexibility index (Phi) is 6.07. The van der Waals surface area contributed by atoms with Crippen LogP contribution in [0.3, 0.4) is 0 Å². The van der Waals surface area contributed by atoms with Crippen LogP contribution in [0.15, 0.2) is 18.2 Å². The molecule has 0 radical (unpaired) electrons. The van der Waals surface area contributed by atoms with Gasteiger partial charge < -0.3 is 10.1 Å². The number of halogens is 2. The number of carbonyl (C=O) groups excluding carboxylic acids is 1. The van der Waals surface area contributed by atoms with Crippen LogP contribution in [-0.2, 0) is 9.53 Å². The van der Waals surface area contributed by atoms with Crippen LogP contribution in [0.1, 0.15) is 39.3 Å². The molecule has 1 N–H and O–H groups in total. The predicted molar refractivity (Wildman–Crippen MR) is 73.2 cm³/mol. The average Bonchev–Trinajstić information content (AvgIpc) is 2.37. The normalized spacial score (nSPS) is 15.5. The third-order valence-corrected chi connectivity index (χ3v) is 3.35. The summed E-state index contributed by atoms with van der Waals surface area (Å²) < 4.78 is 32.3. The fourth-order valence-electron chi connectivity index (χ4n) is 2.02. The molecule has 0 fully saturated rings. The van der Waals surface area contributed by atoms with Gasteiger partial charge in [-0.1, -0.05) is 13.0 Å². The predicted octanol–water partition coefficient (Wildman–Crippen LogP) is 3.20. The van der Waals surface area contributed by atoms with Gasteiger partial charge in [-0.25, -0.2) is 8.78 Å². The van der Waals surface area contributed by atoms with Crippen molar-refractivity contribution in [1.82, 2.24) is 5.32 Å². The summed E-state index contributed by atoms with van der Waals surface area (Å²) in [6.45, 7) is 7.22. The number of ether oxygens (including phenoxy) is 1. The Labute approximate surface area is 118 Å². The highest BCUT2D eigenvalue weighted by atomic mass is 19.1. The molecule has 0 saturated carbocycles. The van der Waals surface area contributed by atoms with Gasteiger partial charge in [0.2, 0.25) is 0 Å². The second-order valence-electron chi connectivity index (χ2n) is 4.85. The number of hydrogen-bond acceptors (Lipinski definition) is 3. The van der Waals surface area contributed by atoms with Crippen molar-refractivity contribution in [3.8, 4) is 0 Å². The smallest absolute Gasteiger partial charge is 0.310 e. The van der Waals surface area contributed by atoms with E-state index in [4.69, 9.17) is 4.74 Å². The van der Waals surface area contributed by atoms with Crippen LogP contribution >= 0.6 is 0 Å². The topological polar surface area (TPSA) is 38.3 Å². The molecule has 0 heterocycles. The number of benzene rings is 1. The minimum atomic E-state index is -0.596. The maximum atomic E-state index is 13.7. The van der Waals surface area contributed by atoms with Gasteiger partial charge in [-0.05, 0) is 32.9 Å².